The van der Waals surface area contributed by atoms with E-state index in [1.165, 1.54) is 29.9 Å². The van der Waals surface area contributed by atoms with Gasteiger partial charge in [0.25, 0.3) is 0 Å². The molecule has 0 fully saturated rings. The number of unbranched alkanes of at least 4 members (excludes halogenated alkanes) is 1. The highest BCUT2D eigenvalue weighted by molar-refractivity contribution is 7.98. The zero-order valence-corrected chi connectivity index (χ0v) is 10.8. The van der Waals surface area contributed by atoms with E-state index in [2.05, 4.69) is 23.1 Å². The average molecular weight is 239 g/mol. The van der Waals surface area contributed by atoms with Crippen LogP contribution < -0.4 is 0 Å². The maximum Gasteiger partial charge on any atom is 0.0807 e. The number of aromatic nitrogens is 1. The molecule has 0 bridgehead atoms. The molecule has 1 aromatic rings. The van der Waals surface area contributed by atoms with Gasteiger partial charge in [0.1, 0.15) is 0 Å². The predicted octanol–water partition coefficient (Wildman–Crippen LogP) is 3.00. The van der Waals surface area contributed by atoms with Gasteiger partial charge in [0.2, 0.25) is 0 Å². The highest BCUT2D eigenvalue weighted by Gasteiger charge is 2.20. The summed E-state index contributed by atoms with van der Waals surface area (Å²) in [5.41, 5.74) is 2.55. The van der Waals surface area contributed by atoms with E-state index >= 15 is 0 Å². The van der Waals surface area contributed by atoms with Crippen molar-refractivity contribution in [2.45, 2.75) is 44.8 Å². The van der Waals surface area contributed by atoms with Gasteiger partial charge in [0.15, 0.2) is 0 Å². The van der Waals surface area contributed by atoms with Crippen molar-refractivity contribution in [1.82, 2.24) is 4.57 Å². The Morgan fingerprint density at radius 2 is 2.38 bits per heavy atom. The Morgan fingerprint density at radius 1 is 1.50 bits per heavy atom. The van der Waals surface area contributed by atoms with Crippen molar-refractivity contribution in [3.8, 4) is 0 Å². The molecule has 16 heavy (non-hydrogen) atoms. The molecule has 0 amide bonds. The Morgan fingerprint density at radius 3 is 3.19 bits per heavy atom. The molecule has 1 heterocycles. The number of rotatable bonds is 5. The van der Waals surface area contributed by atoms with E-state index in [1.807, 2.05) is 11.8 Å². The van der Waals surface area contributed by atoms with Crippen LogP contribution in [0.1, 0.15) is 43.0 Å². The van der Waals surface area contributed by atoms with Gasteiger partial charge in [-0.3, -0.25) is 0 Å². The summed E-state index contributed by atoms with van der Waals surface area (Å²) in [5.74, 6) is 1.26. The smallest absolute Gasteiger partial charge is 0.0807 e. The van der Waals surface area contributed by atoms with Crippen LogP contribution in [0.4, 0.5) is 0 Å². The molecule has 1 N–H and O–H groups in total. The number of thioether (sulfide) groups is 1. The van der Waals surface area contributed by atoms with Gasteiger partial charge in [0, 0.05) is 24.0 Å². The summed E-state index contributed by atoms with van der Waals surface area (Å²) in [6.07, 6.45) is 9.84. The van der Waals surface area contributed by atoms with Gasteiger partial charge < -0.3 is 9.67 Å². The Balaban J connectivity index is 1.95. The molecule has 1 aromatic heterocycles. The minimum atomic E-state index is -0.212. The summed E-state index contributed by atoms with van der Waals surface area (Å²) in [6, 6.07) is 2.10. The molecule has 1 aliphatic rings. The third-order valence-corrected chi connectivity index (χ3v) is 4.06. The van der Waals surface area contributed by atoms with Crippen molar-refractivity contribution >= 4 is 11.8 Å². The number of nitrogens with zero attached hydrogens (tertiary/aromatic N) is 1. The van der Waals surface area contributed by atoms with Crippen LogP contribution in [0.25, 0.3) is 0 Å². The molecule has 0 saturated heterocycles. The topological polar surface area (TPSA) is 25.2 Å². The van der Waals surface area contributed by atoms with Crippen LogP contribution >= 0.6 is 11.8 Å². The largest absolute Gasteiger partial charge is 0.388 e. The van der Waals surface area contributed by atoms with Gasteiger partial charge in [0.05, 0.1) is 6.10 Å². The first-order chi connectivity index (χ1) is 7.83. The average Bonchev–Trinajstić information content (AvgIpc) is 2.70. The summed E-state index contributed by atoms with van der Waals surface area (Å²) in [7, 11) is 0. The monoisotopic (exact) mass is 239 g/mol. The number of aryl methyl sites for hydroxylation is 1. The van der Waals surface area contributed by atoms with Gasteiger partial charge in [-0.25, -0.2) is 0 Å². The SMILES string of the molecule is CSCCCCn1ccc2c1CCCC2O. The van der Waals surface area contributed by atoms with Gasteiger partial charge in [-0.15, -0.1) is 0 Å². The van der Waals surface area contributed by atoms with Crippen LogP contribution in [-0.2, 0) is 13.0 Å². The summed E-state index contributed by atoms with van der Waals surface area (Å²) in [6.45, 7) is 1.11. The Kier molecular flexibility index (Phi) is 4.36. The van der Waals surface area contributed by atoms with Crippen LogP contribution in [0.3, 0.4) is 0 Å². The first-order valence-electron chi connectivity index (χ1n) is 6.18. The van der Waals surface area contributed by atoms with Gasteiger partial charge >= 0.3 is 0 Å². The molecule has 0 saturated carbocycles. The number of fused-ring (bicyclic) bond motifs is 1. The second-order valence-electron chi connectivity index (χ2n) is 4.52. The summed E-state index contributed by atoms with van der Waals surface area (Å²) in [4.78, 5) is 0. The molecule has 90 valence electrons. The van der Waals surface area contributed by atoms with E-state index in [4.69, 9.17) is 0 Å². The van der Waals surface area contributed by atoms with E-state index in [9.17, 15) is 5.11 Å². The minimum absolute atomic E-state index is 0.212. The lowest BCUT2D eigenvalue weighted by atomic mass is 9.95. The minimum Gasteiger partial charge on any atom is -0.388 e. The third kappa shape index (κ3) is 2.64. The molecule has 0 aromatic carbocycles. The molecule has 1 unspecified atom stereocenters. The van der Waals surface area contributed by atoms with E-state index in [0.29, 0.717) is 0 Å². The molecule has 1 atom stereocenters. The maximum absolute atomic E-state index is 9.87. The van der Waals surface area contributed by atoms with Crippen LogP contribution in [0.2, 0.25) is 0 Å². The molecular weight excluding hydrogens is 218 g/mol. The maximum atomic E-state index is 9.87. The van der Waals surface area contributed by atoms with E-state index in [0.717, 1.165) is 25.8 Å². The molecule has 0 spiro atoms. The zero-order chi connectivity index (χ0) is 11.4. The molecule has 3 heteroatoms. The Hall–Kier alpha value is -0.410. The van der Waals surface area contributed by atoms with Crippen molar-refractivity contribution in [3.05, 3.63) is 23.5 Å². The lowest BCUT2D eigenvalue weighted by molar-refractivity contribution is 0.155. The lowest BCUT2D eigenvalue weighted by Crippen LogP contribution is -2.12. The summed E-state index contributed by atoms with van der Waals surface area (Å²) < 4.78 is 2.35. The lowest BCUT2D eigenvalue weighted by Gasteiger charge is -2.20. The standard InChI is InChI=1S/C13H21NOS/c1-16-10-3-2-8-14-9-7-11-12(14)5-4-6-13(11)15/h7,9,13,15H,2-6,8,10H2,1H3. The number of aliphatic hydroxyl groups excluding tert-OH is 1. The van der Waals surface area contributed by atoms with Crippen molar-refractivity contribution in [1.29, 1.82) is 0 Å². The van der Waals surface area contributed by atoms with Crippen molar-refractivity contribution in [2.24, 2.45) is 0 Å². The molecule has 2 nitrogen and oxygen atoms in total. The van der Waals surface area contributed by atoms with Crippen LogP contribution in [-0.4, -0.2) is 21.7 Å². The summed E-state index contributed by atoms with van der Waals surface area (Å²) >= 11 is 1.92. The second-order valence-corrected chi connectivity index (χ2v) is 5.50. The third-order valence-electron chi connectivity index (χ3n) is 3.36. The van der Waals surface area contributed by atoms with Gasteiger partial charge in [-0.2, -0.15) is 11.8 Å². The fourth-order valence-electron chi connectivity index (χ4n) is 2.47. The zero-order valence-electron chi connectivity index (χ0n) is 9.98. The normalized spacial score (nSPS) is 19.8. The molecule has 0 radical (unpaired) electrons. The highest BCUT2D eigenvalue weighted by atomic mass is 32.2. The van der Waals surface area contributed by atoms with Crippen LogP contribution in [0, 0.1) is 0 Å². The van der Waals surface area contributed by atoms with Crippen molar-refractivity contribution < 1.29 is 5.11 Å². The fourth-order valence-corrected chi connectivity index (χ4v) is 2.96. The first-order valence-corrected chi connectivity index (χ1v) is 7.57. The highest BCUT2D eigenvalue weighted by Crippen LogP contribution is 2.30. The van der Waals surface area contributed by atoms with Crippen LogP contribution in [0.15, 0.2) is 12.3 Å². The van der Waals surface area contributed by atoms with Gasteiger partial charge in [-0.05, 0) is 50.2 Å². The number of hydrogen-bond acceptors (Lipinski definition) is 2. The van der Waals surface area contributed by atoms with E-state index in [1.54, 1.807) is 0 Å². The fraction of sp³-hybridized carbons (Fsp3) is 0.692. The number of hydrogen-bond donors (Lipinski definition) is 1. The quantitative estimate of drug-likeness (QED) is 0.799. The predicted molar refractivity (Wildman–Crippen MR) is 69.9 cm³/mol. The van der Waals surface area contributed by atoms with Crippen molar-refractivity contribution in [2.75, 3.05) is 12.0 Å². The van der Waals surface area contributed by atoms with E-state index in [-0.39, 0.29) is 6.10 Å². The summed E-state index contributed by atoms with van der Waals surface area (Å²) in [5, 5.41) is 9.87. The molecule has 1 aliphatic carbocycles. The molecule has 0 aliphatic heterocycles. The Bertz CT molecular complexity index is 335. The molecule has 2 rings (SSSR count). The van der Waals surface area contributed by atoms with Crippen LogP contribution in [0.5, 0.6) is 0 Å². The second kappa shape index (κ2) is 5.78. The number of aliphatic hydroxyl groups is 1. The molecular formula is C13H21NOS. The first kappa shape index (κ1) is 12.1. The van der Waals surface area contributed by atoms with E-state index < -0.39 is 0 Å². The van der Waals surface area contributed by atoms with Gasteiger partial charge in [-0.1, -0.05) is 0 Å². The van der Waals surface area contributed by atoms with Crippen molar-refractivity contribution in [3.63, 3.8) is 0 Å². The Labute approximate surface area is 102 Å².